The quantitative estimate of drug-likeness (QED) is 0.515. The van der Waals surface area contributed by atoms with Crippen LogP contribution in [0.2, 0.25) is 0 Å². The molecule has 1 spiro atoms. The van der Waals surface area contributed by atoms with E-state index >= 15 is 0 Å². The second kappa shape index (κ2) is 1.96. The third kappa shape index (κ3) is 0.864. The van der Waals surface area contributed by atoms with Crippen molar-refractivity contribution in [2.75, 3.05) is 13.1 Å². The molecule has 1 radical (unpaired) electrons. The number of rotatable bonds is 0. The Morgan fingerprint density at radius 1 is 1.56 bits per heavy atom. The lowest BCUT2D eigenvalue weighted by Gasteiger charge is -2.44. The molecule has 2 rings (SSSR count). The molecule has 0 amide bonds. The fraction of sp³-hybridized carbons (Fsp3) is 0.857. The molecule has 0 bridgehead atoms. The summed E-state index contributed by atoms with van der Waals surface area (Å²) in [6, 6.07) is 0. The molecule has 51 valence electrons. The predicted octanol–water partition coefficient (Wildman–Crippen LogP) is 0.691. The molecule has 9 heavy (non-hydrogen) atoms. The van der Waals surface area contributed by atoms with E-state index in [1.54, 1.807) is 0 Å². The van der Waals surface area contributed by atoms with E-state index < -0.39 is 0 Å². The maximum atomic E-state index is 5.37. The topological polar surface area (TPSA) is 21.3 Å². The molecular formula is C7H12NO. The molecule has 0 aliphatic carbocycles. The van der Waals surface area contributed by atoms with Crippen LogP contribution in [0.25, 0.3) is 0 Å². The first-order chi connectivity index (χ1) is 4.41. The predicted molar refractivity (Wildman–Crippen MR) is 34.8 cm³/mol. The van der Waals surface area contributed by atoms with Gasteiger partial charge in [-0.1, -0.05) is 0 Å². The molecule has 0 aromatic carbocycles. The molecular weight excluding hydrogens is 114 g/mol. The molecule has 1 N–H and O–H groups in total. The molecule has 1 unspecified atom stereocenters. The van der Waals surface area contributed by atoms with Crippen LogP contribution in [0.4, 0.5) is 0 Å². The van der Waals surface area contributed by atoms with E-state index in [1.165, 1.54) is 19.4 Å². The maximum Gasteiger partial charge on any atom is 0.0874 e. The molecule has 1 atom stereocenters. The lowest BCUT2D eigenvalue weighted by Crippen LogP contribution is -2.52. The number of piperidine rings is 1. The van der Waals surface area contributed by atoms with Crippen LogP contribution >= 0.6 is 0 Å². The molecule has 2 heterocycles. The molecule has 2 heteroatoms. The van der Waals surface area contributed by atoms with Crippen LogP contribution < -0.4 is 5.32 Å². The third-order valence-electron chi connectivity index (χ3n) is 2.22. The van der Waals surface area contributed by atoms with Crippen molar-refractivity contribution >= 4 is 0 Å². The van der Waals surface area contributed by atoms with E-state index in [0.29, 0.717) is 0 Å². The van der Waals surface area contributed by atoms with Gasteiger partial charge in [0, 0.05) is 13.0 Å². The Morgan fingerprint density at radius 2 is 2.44 bits per heavy atom. The molecule has 2 aliphatic heterocycles. The van der Waals surface area contributed by atoms with Crippen molar-refractivity contribution in [1.82, 2.24) is 5.32 Å². The average Bonchev–Trinajstić information content (AvgIpc) is 1.87. The molecule has 0 saturated carbocycles. The van der Waals surface area contributed by atoms with E-state index in [0.717, 1.165) is 13.0 Å². The fourth-order valence-electron chi connectivity index (χ4n) is 1.53. The van der Waals surface area contributed by atoms with Gasteiger partial charge in [-0.2, -0.15) is 0 Å². The Labute approximate surface area is 55.6 Å². The standard InChI is InChI=1S/C7H12NO/c1-2-7(3-5-9-7)6-8-4-1/h5,8H,1-4,6H2. The van der Waals surface area contributed by atoms with E-state index in [-0.39, 0.29) is 5.60 Å². The van der Waals surface area contributed by atoms with Crippen LogP contribution in [-0.4, -0.2) is 18.7 Å². The Hall–Kier alpha value is -0.0800. The van der Waals surface area contributed by atoms with Gasteiger partial charge in [0.2, 0.25) is 0 Å². The van der Waals surface area contributed by atoms with Gasteiger partial charge in [-0.15, -0.1) is 0 Å². The van der Waals surface area contributed by atoms with Crippen molar-refractivity contribution in [3.05, 3.63) is 6.61 Å². The highest BCUT2D eigenvalue weighted by Crippen LogP contribution is 2.35. The second-order valence-corrected chi connectivity index (χ2v) is 2.95. The molecule has 2 aliphatic rings. The van der Waals surface area contributed by atoms with Gasteiger partial charge in [0.25, 0.3) is 0 Å². The van der Waals surface area contributed by atoms with Crippen LogP contribution in [-0.2, 0) is 4.74 Å². The van der Waals surface area contributed by atoms with Gasteiger partial charge >= 0.3 is 0 Å². The highest BCUT2D eigenvalue weighted by atomic mass is 16.5. The third-order valence-corrected chi connectivity index (χ3v) is 2.22. The zero-order valence-electron chi connectivity index (χ0n) is 5.52. The Bertz CT molecular complexity index is 101. The van der Waals surface area contributed by atoms with Crippen LogP contribution in [0.1, 0.15) is 19.3 Å². The van der Waals surface area contributed by atoms with E-state index in [4.69, 9.17) is 4.74 Å². The first kappa shape index (κ1) is 5.69. The summed E-state index contributed by atoms with van der Waals surface area (Å²) >= 11 is 0. The number of hydrogen-bond acceptors (Lipinski definition) is 2. The largest absolute Gasteiger partial charge is 0.368 e. The minimum Gasteiger partial charge on any atom is -0.368 e. The van der Waals surface area contributed by atoms with Crippen molar-refractivity contribution in [3.8, 4) is 0 Å². The molecule has 2 saturated heterocycles. The lowest BCUT2D eigenvalue weighted by atomic mass is 9.87. The van der Waals surface area contributed by atoms with Crippen molar-refractivity contribution in [3.63, 3.8) is 0 Å². The number of hydrogen-bond donors (Lipinski definition) is 1. The molecule has 0 aromatic rings. The summed E-state index contributed by atoms with van der Waals surface area (Å²) < 4.78 is 5.37. The summed E-state index contributed by atoms with van der Waals surface area (Å²) in [5.74, 6) is 0. The van der Waals surface area contributed by atoms with E-state index in [9.17, 15) is 0 Å². The van der Waals surface area contributed by atoms with Gasteiger partial charge in [-0.05, 0) is 19.4 Å². The van der Waals surface area contributed by atoms with Crippen molar-refractivity contribution in [2.24, 2.45) is 0 Å². The van der Waals surface area contributed by atoms with Crippen LogP contribution in [0.5, 0.6) is 0 Å². The monoisotopic (exact) mass is 126 g/mol. The molecule has 0 aromatic heterocycles. The van der Waals surface area contributed by atoms with Gasteiger partial charge in [-0.3, -0.25) is 0 Å². The summed E-state index contributed by atoms with van der Waals surface area (Å²) in [4.78, 5) is 0. The minimum absolute atomic E-state index is 0.234. The number of ether oxygens (including phenoxy) is 1. The number of nitrogens with one attached hydrogen (secondary N) is 1. The Morgan fingerprint density at radius 3 is 2.78 bits per heavy atom. The van der Waals surface area contributed by atoms with Gasteiger partial charge in [-0.25, -0.2) is 0 Å². The van der Waals surface area contributed by atoms with Gasteiger partial charge in [0.1, 0.15) is 0 Å². The summed E-state index contributed by atoms with van der Waals surface area (Å²) in [6.07, 6.45) is 3.67. The van der Waals surface area contributed by atoms with Crippen LogP contribution in [0, 0.1) is 6.61 Å². The summed E-state index contributed by atoms with van der Waals surface area (Å²) in [5.41, 5.74) is 0.234. The second-order valence-electron chi connectivity index (χ2n) is 2.95. The van der Waals surface area contributed by atoms with Crippen molar-refractivity contribution in [1.29, 1.82) is 0 Å². The fourth-order valence-corrected chi connectivity index (χ4v) is 1.53. The summed E-state index contributed by atoms with van der Waals surface area (Å²) in [6.45, 7) is 4.14. The van der Waals surface area contributed by atoms with Crippen LogP contribution in [0.15, 0.2) is 0 Å². The summed E-state index contributed by atoms with van der Waals surface area (Å²) in [5, 5.41) is 3.33. The molecule has 2 fully saturated rings. The molecule has 2 nitrogen and oxygen atoms in total. The van der Waals surface area contributed by atoms with Gasteiger partial charge in [0.05, 0.1) is 12.2 Å². The lowest BCUT2D eigenvalue weighted by molar-refractivity contribution is -0.109. The van der Waals surface area contributed by atoms with Crippen molar-refractivity contribution in [2.45, 2.75) is 24.9 Å². The summed E-state index contributed by atoms with van der Waals surface area (Å²) in [7, 11) is 0. The first-order valence-electron chi connectivity index (χ1n) is 3.62. The van der Waals surface area contributed by atoms with Gasteiger partial charge in [0.15, 0.2) is 0 Å². The minimum atomic E-state index is 0.234. The van der Waals surface area contributed by atoms with E-state index in [1.807, 2.05) is 6.61 Å². The zero-order chi connectivity index (χ0) is 6.16. The van der Waals surface area contributed by atoms with Crippen molar-refractivity contribution < 1.29 is 4.74 Å². The van der Waals surface area contributed by atoms with Gasteiger partial charge < -0.3 is 10.1 Å². The Balaban J connectivity index is 1.93. The van der Waals surface area contributed by atoms with E-state index in [2.05, 4.69) is 5.32 Å². The average molecular weight is 126 g/mol. The zero-order valence-corrected chi connectivity index (χ0v) is 5.52. The first-order valence-corrected chi connectivity index (χ1v) is 3.62. The smallest absolute Gasteiger partial charge is 0.0874 e. The SMILES string of the molecule is [CH]1CC2(CCCNC2)O1. The van der Waals surface area contributed by atoms with Crippen LogP contribution in [0.3, 0.4) is 0 Å². The maximum absolute atomic E-state index is 5.37. The highest BCUT2D eigenvalue weighted by Gasteiger charge is 2.39. The normalized spacial score (nSPS) is 42.7. The highest BCUT2D eigenvalue weighted by molar-refractivity contribution is 4.97. The Kier molecular flexibility index (Phi) is 1.24.